The Morgan fingerprint density at radius 1 is 1.33 bits per heavy atom. The maximum absolute atomic E-state index is 12.1. The maximum atomic E-state index is 12.1. The third-order valence-corrected chi connectivity index (χ3v) is 5.19. The van der Waals surface area contributed by atoms with Crippen LogP contribution in [0.4, 0.5) is 0 Å². The fraction of sp³-hybridized carbons (Fsp3) is 0.737. The summed E-state index contributed by atoms with van der Waals surface area (Å²) in [4.78, 5) is 14.5. The van der Waals surface area contributed by atoms with Crippen molar-refractivity contribution in [2.24, 2.45) is 11.3 Å². The molecule has 21 heavy (non-hydrogen) atoms. The van der Waals surface area contributed by atoms with Crippen LogP contribution >= 0.6 is 0 Å². The Kier molecular flexibility index (Phi) is 5.80. The summed E-state index contributed by atoms with van der Waals surface area (Å²) in [7, 11) is 0. The van der Waals surface area contributed by atoms with E-state index in [1.165, 1.54) is 50.8 Å². The van der Waals surface area contributed by atoms with Crippen molar-refractivity contribution in [2.45, 2.75) is 59.3 Å². The van der Waals surface area contributed by atoms with E-state index in [9.17, 15) is 4.79 Å². The van der Waals surface area contributed by atoms with E-state index >= 15 is 0 Å². The van der Waals surface area contributed by atoms with Gasteiger partial charge in [-0.15, -0.1) is 0 Å². The first-order valence-corrected chi connectivity index (χ1v) is 8.59. The number of hydrogen-bond donors (Lipinski definition) is 0. The van der Waals surface area contributed by atoms with Crippen molar-refractivity contribution in [3.63, 3.8) is 0 Å². The van der Waals surface area contributed by atoms with E-state index in [-0.39, 0.29) is 11.2 Å². The second-order valence-electron chi connectivity index (χ2n) is 7.43. The molecule has 0 saturated carbocycles. The van der Waals surface area contributed by atoms with Crippen LogP contribution in [0.5, 0.6) is 0 Å². The summed E-state index contributed by atoms with van der Waals surface area (Å²) in [5, 5.41) is 0. The molecule has 2 rings (SSSR count). The monoisotopic (exact) mass is 289 g/mol. The first kappa shape index (κ1) is 16.5. The van der Waals surface area contributed by atoms with Crippen LogP contribution in [-0.2, 0) is 4.79 Å². The summed E-state index contributed by atoms with van der Waals surface area (Å²) in [5.74, 6) is 0.708. The number of nitrogens with zero attached hydrogens (tertiary/aromatic N) is 1. The van der Waals surface area contributed by atoms with Gasteiger partial charge in [-0.3, -0.25) is 4.79 Å². The lowest BCUT2D eigenvalue weighted by Crippen LogP contribution is -2.31. The molecule has 1 aliphatic carbocycles. The van der Waals surface area contributed by atoms with Crippen molar-refractivity contribution in [3.05, 3.63) is 23.8 Å². The van der Waals surface area contributed by atoms with Gasteiger partial charge >= 0.3 is 0 Å². The van der Waals surface area contributed by atoms with Crippen LogP contribution in [0.1, 0.15) is 59.3 Å². The van der Waals surface area contributed by atoms with Gasteiger partial charge in [0.05, 0.1) is 0 Å². The molecular formula is C19H31NO. The molecule has 0 aromatic heterocycles. The van der Waals surface area contributed by atoms with Crippen molar-refractivity contribution in [2.75, 3.05) is 19.6 Å². The van der Waals surface area contributed by atoms with Gasteiger partial charge in [-0.1, -0.05) is 38.0 Å². The predicted octanol–water partition coefficient (Wildman–Crippen LogP) is 4.37. The molecule has 0 amide bonds. The number of hydrogen-bond acceptors (Lipinski definition) is 2. The molecular weight excluding hydrogens is 258 g/mol. The van der Waals surface area contributed by atoms with E-state index < -0.39 is 0 Å². The lowest BCUT2D eigenvalue weighted by atomic mass is 9.68. The molecule has 0 radical (unpaired) electrons. The normalized spacial score (nSPS) is 26.8. The summed E-state index contributed by atoms with van der Waals surface area (Å²) in [6.07, 6.45) is 13.3. The molecule has 0 N–H and O–H groups in total. The highest BCUT2D eigenvalue weighted by molar-refractivity contribution is 5.89. The van der Waals surface area contributed by atoms with Gasteiger partial charge < -0.3 is 4.90 Å². The van der Waals surface area contributed by atoms with Crippen molar-refractivity contribution < 1.29 is 4.79 Å². The molecule has 0 bridgehead atoms. The van der Waals surface area contributed by atoms with E-state index in [0.717, 1.165) is 6.54 Å². The maximum Gasteiger partial charge on any atom is 0.156 e. The van der Waals surface area contributed by atoms with E-state index in [0.29, 0.717) is 12.3 Å². The minimum Gasteiger partial charge on any atom is -0.303 e. The highest BCUT2D eigenvalue weighted by Gasteiger charge is 2.30. The van der Waals surface area contributed by atoms with Gasteiger partial charge in [-0.05, 0) is 57.2 Å². The molecule has 1 heterocycles. The molecule has 1 aliphatic heterocycles. The molecule has 2 heteroatoms. The summed E-state index contributed by atoms with van der Waals surface area (Å²) < 4.78 is 0. The number of allylic oxidation sites excluding steroid dienone is 4. The smallest absolute Gasteiger partial charge is 0.156 e. The highest BCUT2D eigenvalue weighted by atomic mass is 16.1. The molecule has 2 aliphatic rings. The Bertz CT molecular complexity index is 413. The Balaban J connectivity index is 1.83. The molecule has 1 atom stereocenters. The summed E-state index contributed by atoms with van der Waals surface area (Å²) >= 11 is 0. The van der Waals surface area contributed by atoms with Crippen LogP contribution in [0.15, 0.2) is 23.8 Å². The first-order chi connectivity index (χ1) is 9.99. The number of ketones is 1. The lowest BCUT2D eigenvalue weighted by molar-refractivity contribution is -0.115. The zero-order valence-electron chi connectivity index (χ0n) is 14.0. The summed E-state index contributed by atoms with van der Waals surface area (Å²) in [5.41, 5.74) is 1.70. The summed E-state index contributed by atoms with van der Waals surface area (Å²) in [6.45, 7) is 10.1. The van der Waals surface area contributed by atoms with E-state index in [4.69, 9.17) is 0 Å². The molecule has 118 valence electrons. The molecule has 0 unspecified atom stereocenters. The molecule has 0 spiro atoms. The van der Waals surface area contributed by atoms with Crippen molar-refractivity contribution in [3.8, 4) is 0 Å². The molecule has 0 aromatic carbocycles. The molecule has 1 saturated heterocycles. The second-order valence-corrected chi connectivity index (χ2v) is 7.43. The fourth-order valence-electron chi connectivity index (χ4n) is 3.72. The zero-order valence-corrected chi connectivity index (χ0v) is 14.0. The van der Waals surface area contributed by atoms with Crippen LogP contribution in [0.25, 0.3) is 0 Å². The Morgan fingerprint density at radius 2 is 2.05 bits per heavy atom. The second kappa shape index (κ2) is 7.40. The average molecular weight is 289 g/mol. The topological polar surface area (TPSA) is 20.3 Å². The van der Waals surface area contributed by atoms with Gasteiger partial charge in [0, 0.05) is 18.9 Å². The summed E-state index contributed by atoms with van der Waals surface area (Å²) in [6, 6.07) is 0. The van der Waals surface area contributed by atoms with Gasteiger partial charge in [0.2, 0.25) is 0 Å². The first-order valence-electron chi connectivity index (χ1n) is 8.59. The zero-order chi connectivity index (χ0) is 15.3. The molecule has 0 aromatic rings. The number of rotatable bonds is 5. The van der Waals surface area contributed by atoms with Crippen LogP contribution < -0.4 is 0 Å². The minimum atomic E-state index is 0.280. The average Bonchev–Trinajstić information content (AvgIpc) is 2.45. The van der Waals surface area contributed by atoms with Gasteiger partial charge in [-0.25, -0.2) is 0 Å². The number of carbonyl (C=O) groups excluding carboxylic acids is 1. The minimum absolute atomic E-state index is 0.280. The van der Waals surface area contributed by atoms with Crippen LogP contribution in [-0.4, -0.2) is 30.3 Å². The van der Waals surface area contributed by atoms with Crippen molar-refractivity contribution in [1.29, 1.82) is 0 Å². The van der Waals surface area contributed by atoms with Crippen LogP contribution in [0.2, 0.25) is 0 Å². The number of piperidine rings is 1. The standard InChI is InChI=1S/C19H31NO/c1-16-8-7-12-19(2,3)18(16)10-9-17(21)11-15-20-13-5-4-6-14-20/h8-10,18H,4-7,11-15H2,1-3H3/b10-9+/t18-/m0/s1. The Hall–Kier alpha value is -0.890. The number of likely N-dealkylation sites (tertiary alicyclic amines) is 1. The predicted molar refractivity (Wildman–Crippen MR) is 89.3 cm³/mol. The van der Waals surface area contributed by atoms with Crippen molar-refractivity contribution >= 4 is 5.78 Å². The lowest BCUT2D eigenvalue weighted by Gasteiger charge is -2.36. The Labute approximate surface area is 130 Å². The van der Waals surface area contributed by atoms with Crippen LogP contribution in [0.3, 0.4) is 0 Å². The highest BCUT2D eigenvalue weighted by Crippen LogP contribution is 2.41. The molecule has 1 fully saturated rings. The van der Waals surface area contributed by atoms with E-state index in [2.05, 4.69) is 37.8 Å². The van der Waals surface area contributed by atoms with Crippen LogP contribution in [0, 0.1) is 11.3 Å². The third-order valence-electron chi connectivity index (χ3n) is 5.19. The van der Waals surface area contributed by atoms with Gasteiger partial charge in [0.1, 0.15) is 0 Å². The largest absolute Gasteiger partial charge is 0.303 e. The van der Waals surface area contributed by atoms with Gasteiger partial charge in [0.25, 0.3) is 0 Å². The van der Waals surface area contributed by atoms with E-state index in [1.807, 2.05) is 6.08 Å². The number of carbonyl (C=O) groups is 1. The van der Waals surface area contributed by atoms with E-state index in [1.54, 1.807) is 0 Å². The quantitative estimate of drug-likeness (QED) is 0.553. The van der Waals surface area contributed by atoms with Gasteiger partial charge in [-0.2, -0.15) is 0 Å². The van der Waals surface area contributed by atoms with Gasteiger partial charge in [0.15, 0.2) is 5.78 Å². The fourth-order valence-corrected chi connectivity index (χ4v) is 3.72. The third kappa shape index (κ3) is 4.81. The molecule has 2 nitrogen and oxygen atoms in total. The Morgan fingerprint density at radius 3 is 2.71 bits per heavy atom. The SMILES string of the molecule is CC1=CCCC(C)(C)[C@H]1/C=C/C(=O)CCN1CCCCC1. The van der Waals surface area contributed by atoms with Crippen molar-refractivity contribution in [1.82, 2.24) is 4.90 Å².